The van der Waals surface area contributed by atoms with Crippen molar-refractivity contribution in [1.29, 1.82) is 0 Å². The van der Waals surface area contributed by atoms with Crippen LogP contribution in [0.5, 0.6) is 5.75 Å². The van der Waals surface area contributed by atoms with Crippen LogP contribution in [0.4, 0.5) is 4.39 Å². The number of aromatic nitrogens is 5. The number of para-hydroxylation sites is 2. The molecule has 0 fully saturated rings. The second-order valence-electron chi connectivity index (χ2n) is 6.48. The van der Waals surface area contributed by atoms with Gasteiger partial charge < -0.3 is 9.52 Å². The first kappa shape index (κ1) is 20.2. The van der Waals surface area contributed by atoms with E-state index in [9.17, 15) is 9.50 Å². The highest BCUT2D eigenvalue weighted by Crippen LogP contribution is 2.35. The van der Waals surface area contributed by atoms with Crippen LogP contribution in [0.3, 0.4) is 0 Å². The molecule has 0 atom stereocenters. The third-order valence-corrected chi connectivity index (χ3v) is 4.53. The van der Waals surface area contributed by atoms with Crippen molar-refractivity contribution in [3.63, 3.8) is 0 Å². The first-order valence-electron chi connectivity index (χ1n) is 9.07. The number of hydrogen-bond acceptors (Lipinski definition) is 6. The first-order valence-corrected chi connectivity index (χ1v) is 9.07. The Hall–Kier alpha value is -4.04. The van der Waals surface area contributed by atoms with Crippen molar-refractivity contribution >= 4 is 12.4 Å². The molecule has 3 heterocycles. The van der Waals surface area contributed by atoms with Crippen molar-refractivity contribution in [3.05, 3.63) is 85.1 Å². The van der Waals surface area contributed by atoms with E-state index in [1.165, 1.54) is 16.8 Å². The van der Waals surface area contributed by atoms with Crippen LogP contribution in [0.2, 0.25) is 0 Å². The zero-order valence-corrected chi connectivity index (χ0v) is 16.7. The topological polar surface area (TPSA) is 89.9 Å². The van der Waals surface area contributed by atoms with Crippen molar-refractivity contribution in [2.75, 3.05) is 0 Å². The van der Waals surface area contributed by atoms with Crippen LogP contribution < -0.4 is 0 Å². The molecule has 0 bridgehead atoms. The Kier molecular flexibility index (Phi) is 5.46. The Balaban J connectivity index is 0.00000231. The van der Waals surface area contributed by atoms with Crippen molar-refractivity contribution in [2.24, 2.45) is 0 Å². The number of halogens is 2. The van der Waals surface area contributed by atoms with Gasteiger partial charge >= 0.3 is 0 Å². The lowest BCUT2D eigenvalue weighted by molar-refractivity contribution is 0.470. The normalized spacial score (nSPS) is 10.6. The van der Waals surface area contributed by atoms with E-state index in [4.69, 9.17) is 4.42 Å². The molecule has 3 aromatic heterocycles. The van der Waals surface area contributed by atoms with Gasteiger partial charge in [0.2, 0.25) is 5.89 Å². The Bertz CT molecular complexity index is 1320. The summed E-state index contributed by atoms with van der Waals surface area (Å²) in [6.07, 6.45) is 4.92. The lowest BCUT2D eigenvalue weighted by Gasteiger charge is -2.01. The highest BCUT2D eigenvalue weighted by molar-refractivity contribution is 5.85. The number of phenolic OH excluding ortho intramolecular Hbond substituents is 1. The molecule has 0 saturated heterocycles. The summed E-state index contributed by atoms with van der Waals surface area (Å²) < 4.78 is 20.9. The Morgan fingerprint density at radius 2 is 1.65 bits per heavy atom. The van der Waals surface area contributed by atoms with Gasteiger partial charge in [-0.15, -0.1) is 17.5 Å². The van der Waals surface area contributed by atoms with Gasteiger partial charge in [-0.3, -0.25) is 4.98 Å². The summed E-state index contributed by atoms with van der Waals surface area (Å²) in [5, 5.41) is 18.2. The standard InChI is InChI=1S/C22H14FN5O2.ClH/c23-16-7-5-14(6-8-16)20-21(15-9-11-24-12-10-15)30-22(25-20)17-13-28(27-26-17)18-3-1-2-4-19(18)29;/h1-13,29H;1H. The van der Waals surface area contributed by atoms with Crippen LogP contribution in [0.1, 0.15) is 0 Å². The van der Waals surface area contributed by atoms with Crippen LogP contribution in [-0.4, -0.2) is 30.1 Å². The van der Waals surface area contributed by atoms with E-state index in [0.717, 1.165) is 5.56 Å². The molecular weight excluding hydrogens is 421 g/mol. The largest absolute Gasteiger partial charge is 0.506 e. The van der Waals surface area contributed by atoms with E-state index < -0.39 is 0 Å². The van der Waals surface area contributed by atoms with Gasteiger partial charge in [0.05, 0.1) is 6.20 Å². The number of rotatable bonds is 4. The second kappa shape index (κ2) is 8.37. The molecule has 0 amide bonds. The molecule has 154 valence electrons. The SMILES string of the molecule is Cl.Oc1ccccc1-n1cc(-c2nc(-c3ccc(F)cc3)c(-c3ccncc3)o2)nn1. The van der Waals surface area contributed by atoms with E-state index in [1.54, 1.807) is 67.1 Å². The minimum Gasteiger partial charge on any atom is -0.506 e. The summed E-state index contributed by atoms with van der Waals surface area (Å²) in [7, 11) is 0. The molecule has 5 aromatic rings. The second-order valence-corrected chi connectivity index (χ2v) is 6.48. The Labute approximate surface area is 182 Å². The van der Waals surface area contributed by atoms with Crippen LogP contribution in [0.15, 0.2) is 83.7 Å². The third kappa shape index (κ3) is 3.88. The van der Waals surface area contributed by atoms with Gasteiger partial charge in [-0.2, -0.15) is 0 Å². The van der Waals surface area contributed by atoms with Crippen LogP contribution in [0, 0.1) is 5.82 Å². The van der Waals surface area contributed by atoms with E-state index in [-0.39, 0.29) is 29.9 Å². The number of phenols is 1. The molecule has 5 rings (SSSR count). The van der Waals surface area contributed by atoms with E-state index >= 15 is 0 Å². The number of aromatic hydroxyl groups is 1. The fraction of sp³-hybridized carbons (Fsp3) is 0. The van der Waals surface area contributed by atoms with Gasteiger partial charge in [0.25, 0.3) is 0 Å². The fourth-order valence-corrected chi connectivity index (χ4v) is 3.07. The van der Waals surface area contributed by atoms with Crippen LogP contribution >= 0.6 is 12.4 Å². The lowest BCUT2D eigenvalue weighted by Crippen LogP contribution is -1.94. The molecule has 2 aromatic carbocycles. The van der Waals surface area contributed by atoms with Gasteiger partial charge in [0, 0.05) is 23.5 Å². The minimum absolute atomic E-state index is 0. The van der Waals surface area contributed by atoms with Gasteiger partial charge in [0.1, 0.15) is 22.9 Å². The molecule has 31 heavy (non-hydrogen) atoms. The molecule has 0 spiro atoms. The summed E-state index contributed by atoms with van der Waals surface area (Å²) in [5.74, 6) is 0.503. The molecule has 0 aliphatic rings. The predicted molar refractivity (Wildman–Crippen MR) is 114 cm³/mol. The van der Waals surface area contributed by atoms with Crippen LogP contribution in [0.25, 0.3) is 39.9 Å². The van der Waals surface area contributed by atoms with Gasteiger partial charge in [-0.1, -0.05) is 17.3 Å². The molecule has 0 unspecified atom stereocenters. The summed E-state index contributed by atoms with van der Waals surface area (Å²) in [6, 6.07) is 16.4. The molecule has 0 radical (unpaired) electrons. The van der Waals surface area contributed by atoms with Crippen molar-refractivity contribution in [2.45, 2.75) is 0 Å². The molecular formula is C22H15ClFN5O2. The maximum absolute atomic E-state index is 13.4. The average molecular weight is 436 g/mol. The number of oxazole rings is 1. The number of nitrogens with zero attached hydrogens (tertiary/aromatic N) is 5. The zero-order valence-electron chi connectivity index (χ0n) is 15.9. The van der Waals surface area contributed by atoms with Crippen molar-refractivity contribution in [1.82, 2.24) is 25.0 Å². The summed E-state index contributed by atoms with van der Waals surface area (Å²) in [6.45, 7) is 0. The van der Waals surface area contributed by atoms with E-state index in [2.05, 4.69) is 20.3 Å². The lowest BCUT2D eigenvalue weighted by atomic mass is 10.1. The smallest absolute Gasteiger partial charge is 0.249 e. The minimum atomic E-state index is -0.335. The quantitative estimate of drug-likeness (QED) is 0.431. The average Bonchev–Trinajstić information content (AvgIpc) is 3.43. The van der Waals surface area contributed by atoms with Crippen LogP contribution in [-0.2, 0) is 0 Å². The number of hydrogen-bond donors (Lipinski definition) is 1. The van der Waals surface area contributed by atoms with Crippen molar-refractivity contribution < 1.29 is 13.9 Å². The fourth-order valence-electron chi connectivity index (χ4n) is 3.07. The maximum atomic E-state index is 13.4. The molecule has 9 heteroatoms. The van der Waals surface area contributed by atoms with Crippen molar-refractivity contribution in [3.8, 4) is 45.6 Å². The highest BCUT2D eigenvalue weighted by atomic mass is 35.5. The van der Waals surface area contributed by atoms with Gasteiger partial charge in [0.15, 0.2) is 11.5 Å². The highest BCUT2D eigenvalue weighted by Gasteiger charge is 2.20. The first-order chi connectivity index (χ1) is 14.7. The van der Waals surface area contributed by atoms with E-state index in [1.807, 2.05) is 0 Å². The molecule has 0 aliphatic carbocycles. The van der Waals surface area contributed by atoms with Gasteiger partial charge in [-0.05, 0) is 48.5 Å². The Morgan fingerprint density at radius 3 is 2.39 bits per heavy atom. The molecule has 0 saturated carbocycles. The molecule has 1 N–H and O–H groups in total. The maximum Gasteiger partial charge on any atom is 0.249 e. The summed E-state index contributed by atoms with van der Waals surface area (Å²) in [4.78, 5) is 8.63. The zero-order chi connectivity index (χ0) is 20.5. The summed E-state index contributed by atoms with van der Waals surface area (Å²) in [5.41, 5.74) is 2.90. The molecule has 7 nitrogen and oxygen atoms in total. The van der Waals surface area contributed by atoms with Gasteiger partial charge in [-0.25, -0.2) is 14.1 Å². The number of benzene rings is 2. The monoisotopic (exact) mass is 435 g/mol. The van der Waals surface area contributed by atoms with E-state index in [0.29, 0.717) is 28.4 Å². The third-order valence-electron chi connectivity index (χ3n) is 4.53. The number of pyridine rings is 1. The predicted octanol–water partition coefficient (Wildman–Crippen LogP) is 4.92. The summed E-state index contributed by atoms with van der Waals surface area (Å²) >= 11 is 0. The molecule has 0 aliphatic heterocycles. The Morgan fingerprint density at radius 1 is 0.903 bits per heavy atom.